The van der Waals surface area contributed by atoms with Gasteiger partial charge in [0, 0.05) is 13.1 Å². The number of carbonyl (C=O) groups is 5. The number of Topliss-reactive ketones (excluding diaryl/α,β-unsaturated/α-hetero) is 1. The molecule has 0 aromatic heterocycles. The third-order valence-electron chi connectivity index (χ3n) is 8.38. The zero-order valence-electron chi connectivity index (χ0n) is 26.3. The molecule has 1 aliphatic heterocycles. The van der Waals surface area contributed by atoms with Crippen molar-refractivity contribution in [3.05, 3.63) is 12.7 Å². The zero-order chi connectivity index (χ0) is 31.1. The summed E-state index contributed by atoms with van der Waals surface area (Å²) in [7, 11) is 0. The molecule has 5 atom stereocenters. The topological polar surface area (TPSA) is 134 Å². The monoisotopic (exact) mass is 590 g/mol. The van der Waals surface area contributed by atoms with E-state index in [0.29, 0.717) is 38.1 Å². The van der Waals surface area contributed by atoms with Crippen LogP contribution in [0.2, 0.25) is 0 Å². The van der Waals surface area contributed by atoms with Crippen LogP contribution in [0.3, 0.4) is 0 Å². The summed E-state index contributed by atoms with van der Waals surface area (Å²) in [5.41, 5.74) is 0. The number of hydrogen-bond acceptors (Lipinski definition) is 6. The maximum Gasteiger partial charge on any atom is 0.408 e. The average molecular weight is 591 g/mol. The number of amides is 4. The molecule has 3 N–H and O–H groups in total. The standard InChI is InChI=1S/C29H46N4O6.C3H8/c1-4-11-21(25(34)27(36)30-17-5-2)31-26(35)22-15-10-18-33(22)28(37)24(20-13-7-6-8-14-20)32-29(38)39-23-16-9-12-19(23)3;1-3-2/h5,19-24H,2,4,6-18H2,1,3H3,(H,30,36)(H,31,35)(H,32,38);3H2,1-2H3/t19?,21?,22-,23?,24?;/m0./s1. The van der Waals surface area contributed by atoms with E-state index < -0.39 is 41.8 Å². The van der Waals surface area contributed by atoms with Crippen molar-refractivity contribution in [3.63, 3.8) is 0 Å². The third kappa shape index (κ3) is 10.4. The molecular weight excluding hydrogens is 536 g/mol. The lowest BCUT2D eigenvalue weighted by molar-refractivity contribution is -0.143. The first kappa shape index (κ1) is 35.3. The molecule has 1 saturated heterocycles. The Balaban J connectivity index is 0.00000197. The van der Waals surface area contributed by atoms with E-state index in [0.717, 1.165) is 51.4 Å². The largest absolute Gasteiger partial charge is 0.446 e. The predicted octanol–water partition coefficient (Wildman–Crippen LogP) is 4.41. The first-order valence-corrected chi connectivity index (χ1v) is 16.2. The normalized spacial score (nSPS) is 23.5. The molecule has 10 nitrogen and oxygen atoms in total. The highest BCUT2D eigenvalue weighted by molar-refractivity contribution is 6.38. The number of rotatable bonds is 12. The van der Waals surface area contributed by atoms with Crippen molar-refractivity contribution >= 4 is 29.6 Å². The second-order valence-electron chi connectivity index (χ2n) is 12.0. The fourth-order valence-corrected chi connectivity index (χ4v) is 6.15. The van der Waals surface area contributed by atoms with Crippen LogP contribution < -0.4 is 16.0 Å². The third-order valence-corrected chi connectivity index (χ3v) is 8.38. The maximum absolute atomic E-state index is 13.9. The molecule has 42 heavy (non-hydrogen) atoms. The summed E-state index contributed by atoms with van der Waals surface area (Å²) in [5.74, 6) is -1.94. The Bertz CT molecular complexity index is 919. The first-order valence-electron chi connectivity index (χ1n) is 16.2. The molecule has 0 radical (unpaired) electrons. The van der Waals surface area contributed by atoms with Gasteiger partial charge in [0.05, 0.1) is 6.04 Å². The highest BCUT2D eigenvalue weighted by Gasteiger charge is 2.42. The lowest BCUT2D eigenvalue weighted by Crippen LogP contribution is -2.58. The van der Waals surface area contributed by atoms with Gasteiger partial charge in [-0.3, -0.25) is 19.2 Å². The molecule has 1 heterocycles. The fourth-order valence-electron chi connectivity index (χ4n) is 6.15. The molecule has 3 aliphatic rings. The van der Waals surface area contributed by atoms with Gasteiger partial charge in [-0.15, -0.1) is 6.58 Å². The fraction of sp³-hybridized carbons (Fsp3) is 0.781. The number of alkyl carbamates (subject to hydrolysis) is 1. The van der Waals surface area contributed by atoms with Crippen molar-refractivity contribution in [2.24, 2.45) is 11.8 Å². The number of ether oxygens (including phenoxy) is 1. The van der Waals surface area contributed by atoms with Crippen molar-refractivity contribution in [2.45, 2.75) is 135 Å². The Kier molecular flexibility index (Phi) is 15.6. The van der Waals surface area contributed by atoms with Gasteiger partial charge in [-0.05, 0) is 63.2 Å². The Morgan fingerprint density at radius 3 is 2.21 bits per heavy atom. The van der Waals surface area contributed by atoms with E-state index in [-0.39, 0.29) is 24.5 Å². The lowest BCUT2D eigenvalue weighted by atomic mass is 9.83. The molecular formula is C32H54N4O6. The molecule has 0 aromatic rings. The Morgan fingerprint density at radius 2 is 1.62 bits per heavy atom. The zero-order valence-corrected chi connectivity index (χ0v) is 26.3. The van der Waals surface area contributed by atoms with Gasteiger partial charge in [0.2, 0.25) is 17.6 Å². The highest BCUT2D eigenvalue weighted by atomic mass is 16.6. The number of likely N-dealkylation sites (tertiary alicyclic amines) is 1. The van der Waals surface area contributed by atoms with Crippen LogP contribution in [0, 0.1) is 11.8 Å². The molecule has 4 amide bonds. The molecule has 0 aromatic carbocycles. The number of carbonyl (C=O) groups excluding carboxylic acids is 5. The molecule has 3 fully saturated rings. The van der Waals surface area contributed by atoms with Crippen LogP contribution in [-0.4, -0.2) is 71.8 Å². The SMILES string of the molecule is C=CCNC(=O)C(=O)C(CCC)NC(=O)[C@@H]1CCCN1C(=O)C(NC(=O)OC1CCCC1C)C1CCCCC1.CCC. The highest BCUT2D eigenvalue weighted by Crippen LogP contribution is 2.31. The summed E-state index contributed by atoms with van der Waals surface area (Å²) in [5, 5.41) is 8.08. The molecule has 2 aliphatic carbocycles. The van der Waals surface area contributed by atoms with E-state index in [4.69, 9.17) is 4.74 Å². The molecule has 0 spiro atoms. The first-order chi connectivity index (χ1) is 20.2. The van der Waals surface area contributed by atoms with E-state index in [1.165, 1.54) is 12.5 Å². The van der Waals surface area contributed by atoms with Crippen LogP contribution in [0.25, 0.3) is 0 Å². The van der Waals surface area contributed by atoms with Crippen LogP contribution in [0.1, 0.15) is 111 Å². The van der Waals surface area contributed by atoms with Crippen LogP contribution in [-0.2, 0) is 23.9 Å². The number of nitrogens with zero attached hydrogens (tertiary/aromatic N) is 1. The molecule has 3 rings (SSSR count). The summed E-state index contributed by atoms with van der Waals surface area (Å²) in [6.07, 6.45) is 11.6. The van der Waals surface area contributed by atoms with Crippen molar-refractivity contribution in [1.82, 2.24) is 20.9 Å². The van der Waals surface area contributed by atoms with E-state index in [2.05, 4.69) is 43.3 Å². The molecule has 238 valence electrons. The van der Waals surface area contributed by atoms with Gasteiger partial charge in [-0.2, -0.15) is 0 Å². The van der Waals surface area contributed by atoms with Crippen LogP contribution in [0.5, 0.6) is 0 Å². The van der Waals surface area contributed by atoms with Crippen LogP contribution >= 0.6 is 0 Å². The number of nitrogens with one attached hydrogen (secondary N) is 3. The Labute approximate surface area is 252 Å². The van der Waals surface area contributed by atoms with Crippen LogP contribution in [0.15, 0.2) is 12.7 Å². The number of hydrogen-bond donors (Lipinski definition) is 3. The van der Waals surface area contributed by atoms with Gasteiger partial charge in [-0.1, -0.05) is 65.9 Å². The van der Waals surface area contributed by atoms with Crippen molar-refractivity contribution in [3.8, 4) is 0 Å². The summed E-state index contributed by atoms with van der Waals surface area (Å²) in [4.78, 5) is 66.6. The van der Waals surface area contributed by atoms with Crippen LogP contribution in [0.4, 0.5) is 4.79 Å². The lowest BCUT2D eigenvalue weighted by Gasteiger charge is -2.35. The minimum atomic E-state index is -0.972. The van der Waals surface area contributed by atoms with Crippen molar-refractivity contribution in [1.29, 1.82) is 0 Å². The quantitative estimate of drug-likeness (QED) is 0.228. The summed E-state index contributed by atoms with van der Waals surface area (Å²) >= 11 is 0. The van der Waals surface area contributed by atoms with E-state index in [1.807, 2.05) is 6.92 Å². The predicted molar refractivity (Wildman–Crippen MR) is 163 cm³/mol. The number of ketones is 1. The van der Waals surface area contributed by atoms with Crippen molar-refractivity contribution < 1.29 is 28.7 Å². The molecule has 4 unspecified atom stereocenters. The van der Waals surface area contributed by atoms with Crippen molar-refractivity contribution in [2.75, 3.05) is 13.1 Å². The molecule has 10 heteroatoms. The van der Waals surface area contributed by atoms with Gasteiger partial charge >= 0.3 is 6.09 Å². The maximum atomic E-state index is 13.9. The molecule has 0 bridgehead atoms. The van der Waals surface area contributed by atoms with Gasteiger partial charge in [0.1, 0.15) is 18.2 Å². The minimum absolute atomic E-state index is 0.0212. The minimum Gasteiger partial charge on any atom is -0.446 e. The van der Waals surface area contributed by atoms with E-state index >= 15 is 0 Å². The summed E-state index contributed by atoms with van der Waals surface area (Å²) in [6, 6.07) is -2.50. The second-order valence-corrected chi connectivity index (χ2v) is 12.0. The van der Waals surface area contributed by atoms with Gasteiger partial charge in [0.25, 0.3) is 5.91 Å². The smallest absolute Gasteiger partial charge is 0.408 e. The van der Waals surface area contributed by atoms with Gasteiger partial charge in [-0.25, -0.2) is 4.79 Å². The van der Waals surface area contributed by atoms with Gasteiger partial charge < -0.3 is 25.6 Å². The molecule has 2 saturated carbocycles. The summed E-state index contributed by atoms with van der Waals surface area (Å²) < 4.78 is 5.71. The Hall–Kier alpha value is -2.91. The average Bonchev–Trinajstić information content (AvgIpc) is 3.64. The summed E-state index contributed by atoms with van der Waals surface area (Å²) in [6.45, 7) is 12.3. The van der Waals surface area contributed by atoms with Gasteiger partial charge in [0.15, 0.2) is 0 Å². The van der Waals surface area contributed by atoms with E-state index in [1.54, 1.807) is 4.90 Å². The Morgan fingerprint density at radius 1 is 0.929 bits per heavy atom. The second kappa shape index (κ2) is 18.6. The van der Waals surface area contributed by atoms with E-state index in [9.17, 15) is 24.0 Å².